The van der Waals surface area contributed by atoms with Crippen molar-refractivity contribution in [2.75, 3.05) is 7.11 Å². The van der Waals surface area contributed by atoms with Gasteiger partial charge in [0.1, 0.15) is 0 Å². The summed E-state index contributed by atoms with van der Waals surface area (Å²) in [5, 5.41) is 20.4. The number of methoxy groups -OCH3 is 1. The Kier molecular flexibility index (Phi) is 8.82. The van der Waals surface area contributed by atoms with Gasteiger partial charge in [-0.1, -0.05) is 50.5 Å². The summed E-state index contributed by atoms with van der Waals surface area (Å²) in [5.74, 6) is 0.137. The zero-order chi connectivity index (χ0) is 18.9. The first-order chi connectivity index (χ1) is 12.5. The van der Waals surface area contributed by atoms with Gasteiger partial charge in [0.2, 0.25) is 0 Å². The van der Waals surface area contributed by atoms with Crippen LogP contribution in [0.3, 0.4) is 0 Å². The Balaban J connectivity index is 1.80. The van der Waals surface area contributed by atoms with Crippen molar-refractivity contribution < 1.29 is 24.5 Å². The molecule has 1 aliphatic carbocycles. The van der Waals surface area contributed by atoms with Crippen molar-refractivity contribution in [1.82, 2.24) is 0 Å². The molecule has 1 unspecified atom stereocenters. The van der Waals surface area contributed by atoms with E-state index >= 15 is 0 Å². The Bertz CT molecular complexity index is 487. The average molecular weight is 366 g/mol. The van der Waals surface area contributed by atoms with Crippen LogP contribution >= 0.6 is 0 Å². The first-order valence-corrected chi connectivity index (χ1v) is 9.98. The van der Waals surface area contributed by atoms with Crippen molar-refractivity contribution in [1.29, 1.82) is 0 Å². The van der Waals surface area contributed by atoms with Gasteiger partial charge in [-0.2, -0.15) is 0 Å². The molecule has 1 saturated heterocycles. The molecule has 1 heterocycles. The van der Waals surface area contributed by atoms with Crippen LogP contribution in [-0.2, 0) is 14.3 Å². The summed E-state index contributed by atoms with van der Waals surface area (Å²) in [6, 6.07) is 0. The van der Waals surface area contributed by atoms with Gasteiger partial charge in [0, 0.05) is 18.8 Å². The second kappa shape index (κ2) is 10.9. The Labute approximate surface area is 157 Å². The van der Waals surface area contributed by atoms with Crippen molar-refractivity contribution in [2.24, 2.45) is 11.8 Å². The summed E-state index contributed by atoms with van der Waals surface area (Å²) >= 11 is 0. The van der Waals surface area contributed by atoms with Crippen LogP contribution in [0.1, 0.15) is 58.3 Å². The molecule has 2 rings (SSSR count). The van der Waals surface area contributed by atoms with E-state index < -0.39 is 12.2 Å². The van der Waals surface area contributed by atoms with Crippen LogP contribution in [0.5, 0.6) is 0 Å². The van der Waals surface area contributed by atoms with Crippen LogP contribution in [0.2, 0.25) is 0 Å². The number of hydrogen-bond donors (Lipinski definition) is 2. The predicted octanol–water partition coefficient (Wildman–Crippen LogP) is 3.15. The third-order valence-corrected chi connectivity index (χ3v) is 5.50. The average Bonchev–Trinajstić information content (AvgIpc) is 3.13. The predicted molar refractivity (Wildman–Crippen MR) is 101 cm³/mol. The quantitative estimate of drug-likeness (QED) is 0.353. The topological polar surface area (TPSA) is 76.0 Å². The van der Waals surface area contributed by atoms with E-state index in [0.717, 1.165) is 32.1 Å². The maximum absolute atomic E-state index is 11.1. The first kappa shape index (κ1) is 21.1. The van der Waals surface area contributed by atoms with Crippen LogP contribution < -0.4 is 0 Å². The summed E-state index contributed by atoms with van der Waals surface area (Å²) in [4.78, 5) is 11.1. The largest absolute Gasteiger partial charge is 0.469 e. The molecule has 1 saturated carbocycles. The number of aliphatic hydroxyl groups is 2. The van der Waals surface area contributed by atoms with Crippen LogP contribution in [0.25, 0.3) is 0 Å². The fourth-order valence-corrected chi connectivity index (χ4v) is 4.02. The molecule has 0 aromatic rings. The van der Waals surface area contributed by atoms with Gasteiger partial charge in [0.25, 0.3) is 0 Å². The fraction of sp³-hybridized carbons (Fsp3) is 0.762. The third-order valence-electron chi connectivity index (χ3n) is 5.50. The molecule has 2 fully saturated rings. The van der Waals surface area contributed by atoms with Gasteiger partial charge in [0.15, 0.2) is 0 Å². The number of hydrogen-bond acceptors (Lipinski definition) is 5. The summed E-state index contributed by atoms with van der Waals surface area (Å²) < 4.78 is 10.7. The maximum Gasteiger partial charge on any atom is 0.305 e. The van der Waals surface area contributed by atoms with Gasteiger partial charge in [-0.15, -0.1) is 0 Å². The maximum atomic E-state index is 11.1. The van der Waals surface area contributed by atoms with Crippen LogP contribution in [-0.4, -0.2) is 47.7 Å². The summed E-state index contributed by atoms with van der Waals surface area (Å²) in [6.07, 6.45) is 13.8. The first-order valence-electron chi connectivity index (χ1n) is 9.98. The van der Waals surface area contributed by atoms with Gasteiger partial charge in [-0.3, -0.25) is 4.79 Å². The highest BCUT2D eigenvalue weighted by Crippen LogP contribution is 2.44. The monoisotopic (exact) mass is 366 g/mol. The molecular weight excluding hydrogens is 332 g/mol. The second-order valence-corrected chi connectivity index (χ2v) is 7.48. The molecule has 148 valence electrons. The van der Waals surface area contributed by atoms with E-state index in [-0.39, 0.29) is 24.1 Å². The van der Waals surface area contributed by atoms with Crippen molar-refractivity contribution in [2.45, 2.75) is 82.7 Å². The molecule has 0 aromatic heterocycles. The molecule has 0 aromatic carbocycles. The Morgan fingerprint density at radius 1 is 1.31 bits per heavy atom. The molecule has 5 heteroatoms. The molecule has 6 atom stereocenters. The highest BCUT2D eigenvalue weighted by Gasteiger charge is 2.47. The number of aliphatic hydroxyl groups excluding tert-OH is 2. The molecule has 5 nitrogen and oxygen atoms in total. The van der Waals surface area contributed by atoms with Crippen LogP contribution in [0, 0.1) is 11.8 Å². The molecule has 0 radical (unpaired) electrons. The number of carbonyl (C=O) groups is 1. The van der Waals surface area contributed by atoms with E-state index in [4.69, 9.17) is 4.74 Å². The SMILES string of the molecule is CCCCC[C@H](O)/C=C/[C@@H]1[C@H]2CC(/C=C\CCC(=O)OC)O[C@H]2C[C@H]1O. The standard InChI is InChI=1S/C21H34O5/c1-3-4-5-8-15(22)11-12-17-18-13-16(26-20(18)14-19(17)23)9-6-7-10-21(24)25-2/h6,9,11-12,15-20,22-23H,3-5,7-8,10,13-14H2,1-2H3/b9-6-,12-11+/t15-,16?,17+,18+,19+,20-/m0/s1. The lowest BCUT2D eigenvalue weighted by Gasteiger charge is -2.17. The zero-order valence-electron chi connectivity index (χ0n) is 16.0. The van der Waals surface area contributed by atoms with Crippen molar-refractivity contribution in [3.63, 3.8) is 0 Å². The van der Waals surface area contributed by atoms with Crippen molar-refractivity contribution in [3.8, 4) is 0 Å². The number of rotatable bonds is 10. The van der Waals surface area contributed by atoms with Gasteiger partial charge in [0.05, 0.1) is 31.5 Å². The van der Waals surface area contributed by atoms with Gasteiger partial charge < -0.3 is 19.7 Å². The Hall–Kier alpha value is -1.17. The third kappa shape index (κ3) is 6.22. The van der Waals surface area contributed by atoms with E-state index in [1.165, 1.54) is 7.11 Å². The highest BCUT2D eigenvalue weighted by atomic mass is 16.5. The van der Waals surface area contributed by atoms with Crippen molar-refractivity contribution in [3.05, 3.63) is 24.3 Å². The minimum absolute atomic E-state index is 0.0422. The number of ether oxygens (including phenoxy) is 2. The van der Waals surface area contributed by atoms with E-state index in [9.17, 15) is 15.0 Å². The molecule has 2 N–H and O–H groups in total. The second-order valence-electron chi connectivity index (χ2n) is 7.48. The zero-order valence-corrected chi connectivity index (χ0v) is 16.0. The fourth-order valence-electron chi connectivity index (χ4n) is 4.02. The van der Waals surface area contributed by atoms with E-state index in [2.05, 4.69) is 11.7 Å². The Morgan fingerprint density at radius 3 is 2.85 bits per heavy atom. The highest BCUT2D eigenvalue weighted by molar-refractivity contribution is 5.69. The van der Waals surface area contributed by atoms with Gasteiger partial charge in [-0.05, 0) is 25.2 Å². The molecule has 0 amide bonds. The molecule has 0 bridgehead atoms. The molecule has 1 aliphatic heterocycles. The van der Waals surface area contributed by atoms with Crippen LogP contribution in [0.4, 0.5) is 0 Å². The number of fused-ring (bicyclic) bond motifs is 1. The minimum Gasteiger partial charge on any atom is -0.469 e. The Morgan fingerprint density at radius 2 is 2.12 bits per heavy atom. The van der Waals surface area contributed by atoms with E-state index in [1.807, 2.05) is 24.3 Å². The summed E-state index contributed by atoms with van der Waals surface area (Å²) in [5.41, 5.74) is 0. The van der Waals surface area contributed by atoms with E-state index in [1.54, 1.807) is 0 Å². The molecule has 2 aliphatic rings. The smallest absolute Gasteiger partial charge is 0.305 e. The molecule has 26 heavy (non-hydrogen) atoms. The summed E-state index contributed by atoms with van der Waals surface area (Å²) in [6.45, 7) is 2.15. The lowest BCUT2D eigenvalue weighted by molar-refractivity contribution is -0.140. The summed E-state index contributed by atoms with van der Waals surface area (Å²) in [7, 11) is 1.40. The number of carbonyl (C=O) groups excluding carboxylic acids is 1. The number of allylic oxidation sites excluding steroid dienone is 1. The van der Waals surface area contributed by atoms with Gasteiger partial charge >= 0.3 is 5.97 Å². The van der Waals surface area contributed by atoms with Crippen LogP contribution in [0.15, 0.2) is 24.3 Å². The van der Waals surface area contributed by atoms with Crippen molar-refractivity contribution >= 4 is 5.97 Å². The van der Waals surface area contributed by atoms with E-state index in [0.29, 0.717) is 25.2 Å². The minimum atomic E-state index is -0.427. The lowest BCUT2D eigenvalue weighted by atomic mass is 9.89. The molecule has 0 spiro atoms. The lowest BCUT2D eigenvalue weighted by Crippen LogP contribution is -2.19. The number of esters is 1. The molecular formula is C21H34O5. The van der Waals surface area contributed by atoms with Gasteiger partial charge in [-0.25, -0.2) is 0 Å². The normalized spacial score (nSPS) is 32.4. The number of unbranched alkanes of at least 4 members (excludes halogenated alkanes) is 2.